The molecule has 0 aliphatic heterocycles. The van der Waals surface area contributed by atoms with E-state index in [0.29, 0.717) is 12.6 Å². The number of hydrogen-bond acceptors (Lipinski definition) is 2. The second-order valence-electron chi connectivity index (χ2n) is 6.09. The zero-order valence-electron chi connectivity index (χ0n) is 13.4. The molecule has 0 aromatic carbocycles. The third-order valence-electron chi connectivity index (χ3n) is 4.14. The molecule has 2 rings (SSSR count). The number of hydrogen-bond donors (Lipinski definition) is 0. The van der Waals surface area contributed by atoms with Gasteiger partial charge < -0.3 is 4.57 Å². The molecular formula is C17H28N2O. The van der Waals surface area contributed by atoms with Gasteiger partial charge in [-0.3, -0.25) is 9.69 Å². The SMILES string of the molecule is CCCN(CCC)CC(=O)c1cc(C)n(C2CC2)c1C. The van der Waals surface area contributed by atoms with Gasteiger partial charge in [-0.1, -0.05) is 13.8 Å². The maximum atomic E-state index is 12.6. The average molecular weight is 276 g/mol. The van der Waals surface area contributed by atoms with Crippen LogP contribution in [0.25, 0.3) is 0 Å². The molecule has 1 heterocycles. The smallest absolute Gasteiger partial charge is 0.178 e. The first-order valence-corrected chi connectivity index (χ1v) is 8.02. The average Bonchev–Trinajstić information content (AvgIpc) is 3.16. The van der Waals surface area contributed by atoms with Gasteiger partial charge in [-0.2, -0.15) is 0 Å². The Morgan fingerprint density at radius 2 is 1.85 bits per heavy atom. The molecule has 20 heavy (non-hydrogen) atoms. The van der Waals surface area contributed by atoms with Crippen LogP contribution in [0.2, 0.25) is 0 Å². The Balaban J connectivity index is 2.10. The van der Waals surface area contributed by atoms with Crippen LogP contribution >= 0.6 is 0 Å². The second kappa shape index (κ2) is 6.57. The summed E-state index contributed by atoms with van der Waals surface area (Å²) in [6.45, 7) is 11.2. The van der Waals surface area contributed by atoms with Crippen molar-refractivity contribution >= 4 is 5.78 Å². The molecule has 0 unspecified atom stereocenters. The fourth-order valence-corrected chi connectivity index (χ4v) is 3.14. The van der Waals surface area contributed by atoms with E-state index in [4.69, 9.17) is 0 Å². The van der Waals surface area contributed by atoms with Crippen LogP contribution in [0.5, 0.6) is 0 Å². The minimum absolute atomic E-state index is 0.284. The standard InChI is InChI=1S/C17H28N2O/c1-5-9-18(10-6-2)12-17(20)16-11-13(3)19(14(16)4)15-7-8-15/h11,15H,5-10,12H2,1-4H3. The molecule has 0 atom stereocenters. The monoisotopic (exact) mass is 276 g/mol. The summed E-state index contributed by atoms with van der Waals surface area (Å²) >= 11 is 0. The zero-order chi connectivity index (χ0) is 14.7. The summed E-state index contributed by atoms with van der Waals surface area (Å²) in [7, 11) is 0. The van der Waals surface area contributed by atoms with Gasteiger partial charge in [0.05, 0.1) is 6.54 Å². The zero-order valence-corrected chi connectivity index (χ0v) is 13.4. The van der Waals surface area contributed by atoms with Crippen LogP contribution in [-0.2, 0) is 0 Å². The third-order valence-corrected chi connectivity index (χ3v) is 4.14. The minimum atomic E-state index is 0.284. The van der Waals surface area contributed by atoms with E-state index < -0.39 is 0 Å². The molecule has 1 saturated carbocycles. The lowest BCUT2D eigenvalue weighted by molar-refractivity contribution is 0.0930. The predicted octanol–water partition coefficient (Wildman–Crippen LogP) is 3.74. The van der Waals surface area contributed by atoms with Crippen LogP contribution in [0, 0.1) is 13.8 Å². The topological polar surface area (TPSA) is 25.2 Å². The van der Waals surface area contributed by atoms with Crippen molar-refractivity contribution in [3.8, 4) is 0 Å². The van der Waals surface area contributed by atoms with Crippen LogP contribution in [0.1, 0.15) is 67.3 Å². The van der Waals surface area contributed by atoms with E-state index in [1.807, 2.05) is 0 Å². The van der Waals surface area contributed by atoms with Gasteiger partial charge in [0.25, 0.3) is 0 Å². The molecule has 1 aromatic heterocycles. The Labute approximate surface area is 123 Å². The van der Waals surface area contributed by atoms with Gasteiger partial charge in [0.1, 0.15) is 0 Å². The van der Waals surface area contributed by atoms with Crippen molar-refractivity contribution in [3.05, 3.63) is 23.0 Å². The molecule has 1 aliphatic carbocycles. The van der Waals surface area contributed by atoms with Gasteiger partial charge in [0, 0.05) is 23.0 Å². The number of Topliss-reactive ketones (excluding diaryl/α,β-unsaturated/α-hetero) is 1. The van der Waals surface area contributed by atoms with Crippen molar-refractivity contribution in [1.29, 1.82) is 0 Å². The van der Waals surface area contributed by atoms with Crippen LogP contribution in [0.4, 0.5) is 0 Å². The molecule has 3 nitrogen and oxygen atoms in total. The lowest BCUT2D eigenvalue weighted by Gasteiger charge is -2.20. The van der Waals surface area contributed by atoms with Gasteiger partial charge in [-0.25, -0.2) is 0 Å². The highest BCUT2D eigenvalue weighted by Gasteiger charge is 2.28. The molecule has 3 heteroatoms. The number of carbonyl (C=O) groups excluding carboxylic acids is 1. The largest absolute Gasteiger partial charge is 0.345 e. The van der Waals surface area contributed by atoms with Crippen molar-refractivity contribution in [1.82, 2.24) is 9.47 Å². The summed E-state index contributed by atoms with van der Waals surface area (Å²) in [4.78, 5) is 14.9. The molecule has 1 aliphatic rings. The molecule has 1 aromatic rings. The van der Waals surface area contributed by atoms with E-state index in [9.17, 15) is 4.79 Å². The van der Waals surface area contributed by atoms with Crippen LogP contribution in [0.15, 0.2) is 6.07 Å². The van der Waals surface area contributed by atoms with E-state index in [-0.39, 0.29) is 5.78 Å². The fraction of sp³-hybridized carbons (Fsp3) is 0.706. The molecule has 0 N–H and O–H groups in total. The van der Waals surface area contributed by atoms with Gasteiger partial charge in [0.15, 0.2) is 5.78 Å². The molecule has 0 amide bonds. The molecule has 0 bridgehead atoms. The molecule has 112 valence electrons. The third kappa shape index (κ3) is 3.32. The lowest BCUT2D eigenvalue weighted by Crippen LogP contribution is -2.31. The van der Waals surface area contributed by atoms with Crippen LogP contribution < -0.4 is 0 Å². The Kier molecular flexibility index (Phi) is 5.03. The summed E-state index contributed by atoms with van der Waals surface area (Å²) in [6, 6.07) is 2.74. The summed E-state index contributed by atoms with van der Waals surface area (Å²) in [5.74, 6) is 0.284. The number of rotatable bonds is 8. The van der Waals surface area contributed by atoms with E-state index in [1.165, 1.54) is 24.2 Å². The molecule has 1 fully saturated rings. The number of nitrogens with zero attached hydrogens (tertiary/aromatic N) is 2. The predicted molar refractivity (Wildman–Crippen MR) is 83.5 cm³/mol. The summed E-state index contributed by atoms with van der Waals surface area (Å²) in [6.07, 6.45) is 4.74. The normalized spacial score (nSPS) is 15.1. The number of carbonyl (C=O) groups is 1. The lowest BCUT2D eigenvalue weighted by atomic mass is 10.1. The van der Waals surface area contributed by atoms with E-state index >= 15 is 0 Å². The quantitative estimate of drug-likeness (QED) is 0.676. The summed E-state index contributed by atoms with van der Waals surface area (Å²) in [5.41, 5.74) is 3.35. The van der Waals surface area contributed by atoms with Crippen molar-refractivity contribution < 1.29 is 4.79 Å². The number of ketones is 1. The highest BCUT2D eigenvalue weighted by Crippen LogP contribution is 2.38. The van der Waals surface area contributed by atoms with E-state index in [2.05, 4.69) is 43.2 Å². The molecular weight excluding hydrogens is 248 g/mol. The first-order valence-electron chi connectivity index (χ1n) is 8.02. The van der Waals surface area contributed by atoms with Gasteiger partial charge in [-0.05, 0) is 58.7 Å². The van der Waals surface area contributed by atoms with Crippen LogP contribution in [0.3, 0.4) is 0 Å². The number of aryl methyl sites for hydroxylation is 1. The highest BCUT2D eigenvalue weighted by atomic mass is 16.1. The first-order chi connectivity index (χ1) is 9.58. The van der Waals surface area contributed by atoms with Gasteiger partial charge >= 0.3 is 0 Å². The second-order valence-corrected chi connectivity index (χ2v) is 6.09. The Morgan fingerprint density at radius 1 is 1.25 bits per heavy atom. The minimum Gasteiger partial charge on any atom is -0.345 e. The highest BCUT2D eigenvalue weighted by molar-refractivity contribution is 5.99. The molecule has 0 saturated heterocycles. The van der Waals surface area contributed by atoms with Gasteiger partial charge in [0.2, 0.25) is 0 Å². The number of aromatic nitrogens is 1. The summed E-state index contributed by atoms with van der Waals surface area (Å²) in [5, 5.41) is 0. The maximum absolute atomic E-state index is 12.6. The Hall–Kier alpha value is -1.09. The first kappa shape index (κ1) is 15.3. The Morgan fingerprint density at radius 3 is 2.35 bits per heavy atom. The van der Waals surface area contributed by atoms with E-state index in [0.717, 1.165) is 31.5 Å². The van der Waals surface area contributed by atoms with Gasteiger partial charge in [-0.15, -0.1) is 0 Å². The molecule has 0 radical (unpaired) electrons. The van der Waals surface area contributed by atoms with E-state index in [1.54, 1.807) is 0 Å². The van der Waals surface area contributed by atoms with Crippen molar-refractivity contribution in [2.75, 3.05) is 19.6 Å². The van der Waals surface area contributed by atoms with Crippen molar-refractivity contribution in [3.63, 3.8) is 0 Å². The van der Waals surface area contributed by atoms with Crippen molar-refractivity contribution in [2.24, 2.45) is 0 Å². The maximum Gasteiger partial charge on any atom is 0.178 e. The van der Waals surface area contributed by atoms with Crippen LogP contribution in [-0.4, -0.2) is 34.9 Å². The Bertz CT molecular complexity index is 466. The fourth-order valence-electron chi connectivity index (χ4n) is 3.14. The van der Waals surface area contributed by atoms with Crippen molar-refractivity contribution in [2.45, 2.75) is 59.4 Å². The molecule has 0 spiro atoms. The summed E-state index contributed by atoms with van der Waals surface area (Å²) < 4.78 is 2.36.